The molecular formula is C96H146B3ClF3N3O32S. The van der Waals surface area contributed by atoms with Crippen molar-refractivity contribution in [2.75, 3.05) is 19.8 Å². The monoisotopic (exact) mass is 2010 g/mol. The lowest BCUT2D eigenvalue weighted by molar-refractivity contribution is -0.162. The predicted molar refractivity (Wildman–Crippen MR) is 507 cm³/mol. The zero-order valence-electron chi connectivity index (χ0n) is 84.9. The van der Waals surface area contributed by atoms with Gasteiger partial charge in [-0.2, -0.15) is 26.6 Å². The van der Waals surface area contributed by atoms with Crippen LogP contribution >= 0.6 is 11.6 Å². The van der Waals surface area contributed by atoms with Crippen molar-refractivity contribution in [2.45, 2.75) is 384 Å². The van der Waals surface area contributed by atoms with Crippen LogP contribution in [0.4, 0.5) is 13.2 Å². The number of esters is 7. The normalized spacial score (nSPS) is 21.4. The van der Waals surface area contributed by atoms with Gasteiger partial charge in [0.05, 0.1) is 88.9 Å². The Morgan fingerprint density at radius 1 is 0.410 bits per heavy atom. The van der Waals surface area contributed by atoms with Crippen molar-refractivity contribution in [3.8, 4) is 0 Å². The summed E-state index contributed by atoms with van der Waals surface area (Å²) >= 11 is 5.32. The van der Waals surface area contributed by atoms with E-state index in [2.05, 4.69) is 62.1 Å². The van der Waals surface area contributed by atoms with E-state index in [9.17, 15) is 74.3 Å². The van der Waals surface area contributed by atoms with E-state index in [1.807, 2.05) is 130 Å². The van der Waals surface area contributed by atoms with Crippen LogP contribution in [0, 0.1) is 35.5 Å². The Morgan fingerprint density at radius 2 is 0.698 bits per heavy atom. The van der Waals surface area contributed by atoms with Crippen molar-refractivity contribution in [2.24, 2.45) is 35.5 Å². The third kappa shape index (κ3) is 39.3. The van der Waals surface area contributed by atoms with Gasteiger partial charge in [-0.15, -0.1) is 0 Å². The number of carboxylic acids is 2. The lowest BCUT2D eigenvalue weighted by atomic mass is 9.49. The number of aromatic nitrogens is 3. The molecule has 6 heterocycles. The summed E-state index contributed by atoms with van der Waals surface area (Å²) in [5.41, 5.74) is -6.22. The fraction of sp³-hybridized carbons (Fsp3) is 0.708. The number of ketones is 2. The summed E-state index contributed by atoms with van der Waals surface area (Å²) in [6, 6.07) is 0. The number of nitrogens with zero attached hydrogens (tertiary/aromatic N) is 3. The molecule has 0 aromatic carbocycles. The molecular weight excluding hydrogens is 1860 g/mol. The van der Waals surface area contributed by atoms with Gasteiger partial charge in [0.15, 0.2) is 17.1 Å². The summed E-state index contributed by atoms with van der Waals surface area (Å²) in [7, 11) is -6.89. The summed E-state index contributed by atoms with van der Waals surface area (Å²) in [5.74, 6) is -4.38. The van der Waals surface area contributed by atoms with Crippen LogP contribution in [-0.4, -0.2) is 201 Å². The Hall–Kier alpha value is -9.06. The minimum Gasteiger partial charge on any atom is -0.481 e. The molecule has 139 heavy (non-hydrogen) atoms. The Kier molecular flexibility index (Phi) is 45.1. The van der Waals surface area contributed by atoms with Crippen LogP contribution in [0.3, 0.4) is 0 Å². The Balaban J connectivity index is 0.000000335. The molecule has 2 saturated carbocycles. The second-order valence-corrected chi connectivity index (χ2v) is 43.1. The number of allylic oxidation sites excluding steroid dienone is 8. The van der Waals surface area contributed by atoms with Gasteiger partial charge in [0.1, 0.15) is 58.5 Å². The number of carbonyl (C=O) groups is 11. The fourth-order valence-corrected chi connectivity index (χ4v) is 14.6. The average Bonchev–Trinajstić information content (AvgIpc) is 1.58. The van der Waals surface area contributed by atoms with Gasteiger partial charge in [-0.1, -0.05) is 25.7 Å². The van der Waals surface area contributed by atoms with Crippen molar-refractivity contribution in [3.63, 3.8) is 0 Å². The van der Waals surface area contributed by atoms with Crippen molar-refractivity contribution in [3.05, 3.63) is 88.5 Å². The highest BCUT2D eigenvalue weighted by Crippen LogP contribution is 2.45. The number of Topliss-reactive ketones (excluding diaryl/α,β-unsaturated/α-hetero) is 2. The van der Waals surface area contributed by atoms with Crippen LogP contribution < -0.4 is 0 Å². The molecule has 3 saturated heterocycles. The molecule has 3 aromatic heterocycles. The van der Waals surface area contributed by atoms with Crippen molar-refractivity contribution < 1.29 is 163 Å². The topological polar surface area (TPSA) is 470 Å². The van der Waals surface area contributed by atoms with Crippen LogP contribution in [0.1, 0.15) is 366 Å². The largest absolute Gasteiger partial charge is 0.534 e. The van der Waals surface area contributed by atoms with Crippen molar-refractivity contribution in [1.29, 1.82) is 0 Å². The number of oxazole rings is 3. The van der Waals surface area contributed by atoms with E-state index in [-0.39, 0.29) is 161 Å². The number of ether oxygens (including phenoxy) is 7. The number of hydrogen-bond acceptors (Lipinski definition) is 33. The first-order chi connectivity index (χ1) is 63.3. The second-order valence-electron chi connectivity index (χ2n) is 41.3. The summed E-state index contributed by atoms with van der Waals surface area (Å²) < 4.78 is 149. The second kappa shape index (κ2) is 51.2. The maximum absolute atomic E-state index is 12.2. The van der Waals surface area contributed by atoms with Crippen LogP contribution in [0.25, 0.3) is 11.1 Å². The summed E-state index contributed by atoms with van der Waals surface area (Å²) in [5, 5.41) is 17.4. The molecule has 0 amide bonds. The molecule has 9 aliphatic rings. The average molecular weight is 2010 g/mol. The van der Waals surface area contributed by atoms with Crippen LogP contribution in [0.2, 0.25) is 5.35 Å². The molecule has 3 aliphatic heterocycles. The van der Waals surface area contributed by atoms with Crippen LogP contribution in [-0.2, 0) is 114 Å². The highest BCUT2D eigenvalue weighted by Gasteiger charge is 2.64. The number of alkyl halides is 3. The highest BCUT2D eigenvalue weighted by atomic mass is 35.5. The summed E-state index contributed by atoms with van der Waals surface area (Å²) in [6.07, 6.45) is 21.1. The quantitative estimate of drug-likeness (QED) is 0.0393. The lowest BCUT2D eigenvalue weighted by Crippen LogP contribution is -2.41. The Labute approximate surface area is 821 Å². The fourth-order valence-electron chi connectivity index (χ4n) is 14.0. The van der Waals surface area contributed by atoms with Gasteiger partial charge >= 0.3 is 90.5 Å². The Bertz CT molecular complexity index is 4820. The maximum Gasteiger partial charge on any atom is 0.534 e. The first-order valence-corrected chi connectivity index (χ1v) is 48.4. The van der Waals surface area contributed by atoms with Gasteiger partial charge in [0.25, 0.3) is 5.35 Å². The minimum atomic E-state index is -5.65. The van der Waals surface area contributed by atoms with Crippen LogP contribution in [0.5, 0.6) is 0 Å². The molecule has 6 aliphatic carbocycles. The van der Waals surface area contributed by atoms with E-state index in [0.717, 1.165) is 35.7 Å². The van der Waals surface area contributed by atoms with Gasteiger partial charge in [-0.05, 0) is 306 Å². The number of carboxylic acid groups (broad SMARTS) is 2. The number of hydrogen-bond donors (Lipinski definition) is 2. The molecule has 0 radical (unpaired) electrons. The van der Waals surface area contributed by atoms with Gasteiger partial charge in [0, 0.05) is 43.3 Å². The third-order valence-corrected chi connectivity index (χ3v) is 24.9. The molecule has 2 N–H and O–H groups in total. The molecule has 43 heteroatoms. The molecule has 4 atom stereocenters. The van der Waals surface area contributed by atoms with Crippen molar-refractivity contribution >= 4 is 119 Å². The Morgan fingerprint density at radius 3 is 0.978 bits per heavy atom. The van der Waals surface area contributed by atoms with Gasteiger partial charge in [-0.25, -0.2) is 24.4 Å². The predicted octanol–water partition coefficient (Wildman–Crippen LogP) is 19.4. The molecule has 780 valence electrons. The molecule has 5 fully saturated rings. The van der Waals surface area contributed by atoms with E-state index in [0.29, 0.717) is 121 Å². The van der Waals surface area contributed by atoms with Gasteiger partial charge < -0.3 is 88.7 Å². The first kappa shape index (κ1) is 122. The SMILES string of the molecule is C.CC(C)(C)OC(=O)C1CC=C(B2OC(C)(C)C(C)(C)O2)CC1.CC(C)(C)OC(=O)C1CC=C(OS(=O)(=O)C(F)(F)F)CC1.CC(C)(C)OC(=O)C1CCC(=O)CC1.CC1(C)OB(B2OC(C)(C)C(C)(C)O2)OC1(C)C.CCOC(=O)c1coc(C2=CCC(C(=O)O)CC2)n1.CCOC(=O)c1coc(C2=CCC(C(=O)OC(C)(C)C)CC2)n1.CCOC(=O)c1coc(Cl)n1.O=C1CCC(C(=O)O)CC1. The number of aliphatic carboxylic acids is 2. The first-order valence-electron chi connectivity index (χ1n) is 46.6. The molecule has 35 nitrogen and oxygen atoms in total. The molecule has 0 bridgehead atoms. The minimum absolute atomic E-state index is 0. The number of halogens is 4. The van der Waals surface area contributed by atoms with E-state index < -0.39 is 93.8 Å². The molecule has 0 spiro atoms. The third-order valence-electron chi connectivity index (χ3n) is 23.7. The van der Waals surface area contributed by atoms with Crippen LogP contribution in [0.15, 0.2) is 67.6 Å². The number of rotatable bonds is 18. The van der Waals surface area contributed by atoms with E-state index >= 15 is 0 Å². The van der Waals surface area contributed by atoms with E-state index in [1.54, 1.807) is 41.5 Å². The van der Waals surface area contributed by atoms with Gasteiger partial charge in [0.2, 0.25) is 11.8 Å². The van der Waals surface area contributed by atoms with E-state index in [1.165, 1.54) is 18.6 Å². The lowest BCUT2D eigenvalue weighted by Gasteiger charge is -2.32. The zero-order chi connectivity index (χ0) is 105. The molecule has 3 aromatic rings. The highest BCUT2D eigenvalue weighted by molar-refractivity contribution is 7.87. The molecule has 4 unspecified atom stereocenters. The van der Waals surface area contributed by atoms with E-state index in [4.69, 9.17) is 87.0 Å². The summed E-state index contributed by atoms with van der Waals surface area (Å²) in [6.45, 7) is 52.4. The standard InChI is InChI=1S/C17H29BO4.C17H23NO5.C13H15NO5.C12H24B2O4.C12H17F3O5S.C11H18O3.C7H10O3.C6H6ClNO3.CH4/c1-15(2,3)20-14(19)12-8-10-13(11-9-12)18-21-16(4,5)17(6,7)22-18;1-5-21-16(20)13-10-22-14(18-13)11-6-8-12(9-7-11)15(19)23-17(2,3)4;1-2-18-13(17)10-7-19-11(14-10)8-3-5-9(6-4-8)12(15)16;1-9(2)10(3,4)16-13(15-9)14-17-11(5,6)12(7,8)18-14;1-11(2,3)19-10(16)8-4-6-9(7-5-8)20-21(17,18)12(13,14)15;1-11(2,3)14-10(13)8-4-6-9(12)7-5-8;8-6-3-1-5(2-4-6)7(9)10;1-2-10-5(9)4-3-11-6(7)8-4;/h10,12H,8-9,11H2,1-7H3;6,10,12H,5,7-9H2,1-4H3;3,7,9H,2,4-6H2,1H3,(H,15,16);1-8H3;6,8H,4-5,7H2,1-3H3;8H,4-7H2,1-3H3;5H,1-4H2,(H,9,10);3H,2H2,1H3;1H4. The van der Waals surface area contributed by atoms with Crippen molar-refractivity contribution in [1.82, 2.24) is 15.0 Å². The maximum atomic E-state index is 12.2. The number of carbonyl (C=O) groups excluding carboxylic acids is 9. The van der Waals surface area contributed by atoms with Gasteiger partial charge in [-0.3, -0.25) is 38.4 Å². The smallest absolute Gasteiger partial charge is 0.481 e. The zero-order valence-corrected chi connectivity index (χ0v) is 86.5. The summed E-state index contributed by atoms with van der Waals surface area (Å²) in [4.78, 5) is 136. The molecule has 12 rings (SSSR count).